The lowest BCUT2D eigenvalue weighted by atomic mass is 10.2. The van der Waals surface area contributed by atoms with E-state index >= 15 is 0 Å². The van der Waals surface area contributed by atoms with Crippen LogP contribution in [0.5, 0.6) is 0 Å². The number of nitrogens with one attached hydrogen (secondary N) is 1. The number of hydrogen-bond donors (Lipinski definition) is 1. The summed E-state index contributed by atoms with van der Waals surface area (Å²) in [5.41, 5.74) is 3.48. The highest BCUT2D eigenvalue weighted by Crippen LogP contribution is 2.19. The van der Waals surface area contributed by atoms with Gasteiger partial charge in [0.1, 0.15) is 6.04 Å². The van der Waals surface area contributed by atoms with Gasteiger partial charge in [0.05, 0.1) is 5.69 Å². The molecule has 0 spiro atoms. The Morgan fingerprint density at radius 3 is 2.62 bits per heavy atom. The number of benzene rings is 1. The summed E-state index contributed by atoms with van der Waals surface area (Å²) in [5.74, 6) is -0.250. The third-order valence-electron chi connectivity index (χ3n) is 4.38. The number of carbonyl (C=O) groups is 1. The van der Waals surface area contributed by atoms with Crippen LogP contribution in [0.2, 0.25) is 0 Å². The van der Waals surface area contributed by atoms with Gasteiger partial charge in [0.2, 0.25) is 5.91 Å². The third kappa shape index (κ3) is 3.18. The molecule has 1 atom stereocenters. The Hall–Kier alpha value is -2.63. The summed E-state index contributed by atoms with van der Waals surface area (Å²) in [6, 6.07) is 8.51. The highest BCUT2D eigenvalue weighted by molar-refractivity contribution is 5.93. The highest BCUT2D eigenvalue weighted by atomic mass is 16.2. The second-order valence-electron chi connectivity index (χ2n) is 6.36. The number of carbonyl (C=O) groups excluding carboxylic acids is 1. The van der Waals surface area contributed by atoms with Crippen molar-refractivity contribution < 1.29 is 4.79 Å². The average Bonchev–Trinajstić information content (AvgIpc) is 3.01. The number of aromatic nitrogens is 2. The van der Waals surface area contributed by atoms with Crippen molar-refractivity contribution in [2.45, 2.75) is 32.2 Å². The van der Waals surface area contributed by atoms with E-state index in [1.165, 1.54) is 4.68 Å². The van der Waals surface area contributed by atoms with Crippen LogP contribution in [0.15, 0.2) is 35.1 Å². The monoisotopic (exact) mass is 326 g/mol. The van der Waals surface area contributed by atoms with Crippen LogP contribution in [0, 0.1) is 0 Å². The summed E-state index contributed by atoms with van der Waals surface area (Å²) < 4.78 is 1.29. The van der Waals surface area contributed by atoms with E-state index in [9.17, 15) is 9.59 Å². The van der Waals surface area contributed by atoms with Crippen LogP contribution in [0.3, 0.4) is 0 Å². The number of rotatable bonds is 4. The first-order valence-corrected chi connectivity index (χ1v) is 8.15. The molecule has 0 fully saturated rings. The largest absolute Gasteiger partial charge is 0.378 e. The predicted octanol–water partition coefficient (Wildman–Crippen LogP) is 2.00. The third-order valence-corrected chi connectivity index (χ3v) is 4.38. The van der Waals surface area contributed by atoms with E-state index in [1.807, 2.05) is 43.3 Å². The maximum absolute atomic E-state index is 12.5. The van der Waals surface area contributed by atoms with Crippen LogP contribution >= 0.6 is 0 Å². The zero-order valence-electron chi connectivity index (χ0n) is 14.2. The van der Waals surface area contributed by atoms with Crippen molar-refractivity contribution in [1.29, 1.82) is 0 Å². The molecule has 1 aromatic heterocycles. The zero-order valence-corrected chi connectivity index (χ0v) is 14.2. The van der Waals surface area contributed by atoms with E-state index in [4.69, 9.17) is 0 Å². The molecule has 3 rings (SSSR count). The van der Waals surface area contributed by atoms with E-state index in [-0.39, 0.29) is 11.5 Å². The molecular weight excluding hydrogens is 304 g/mol. The van der Waals surface area contributed by atoms with Crippen LogP contribution in [-0.2, 0) is 17.6 Å². The average molecular weight is 326 g/mol. The quantitative estimate of drug-likeness (QED) is 0.933. The molecule has 0 saturated heterocycles. The molecule has 1 heterocycles. The van der Waals surface area contributed by atoms with E-state index in [1.54, 1.807) is 13.0 Å². The van der Waals surface area contributed by atoms with Gasteiger partial charge in [-0.1, -0.05) is 0 Å². The van der Waals surface area contributed by atoms with Crippen molar-refractivity contribution in [2.24, 2.45) is 0 Å². The van der Waals surface area contributed by atoms with Crippen LogP contribution < -0.4 is 15.8 Å². The molecule has 1 aliphatic rings. The Bertz CT molecular complexity index is 809. The smallest absolute Gasteiger partial charge is 0.267 e. The molecule has 1 unspecified atom stereocenters. The molecule has 126 valence electrons. The van der Waals surface area contributed by atoms with Crippen LogP contribution in [-0.4, -0.2) is 29.8 Å². The minimum Gasteiger partial charge on any atom is -0.378 e. The number of fused-ring (bicyclic) bond motifs is 1. The minimum absolute atomic E-state index is 0.221. The molecule has 1 aromatic carbocycles. The summed E-state index contributed by atoms with van der Waals surface area (Å²) in [7, 11) is 3.92. The van der Waals surface area contributed by atoms with Crippen LogP contribution in [0.1, 0.15) is 30.6 Å². The topological polar surface area (TPSA) is 67.2 Å². The first-order chi connectivity index (χ1) is 11.5. The summed E-state index contributed by atoms with van der Waals surface area (Å²) in [6.07, 6.45) is 2.79. The fourth-order valence-electron chi connectivity index (χ4n) is 2.89. The number of anilines is 2. The second-order valence-corrected chi connectivity index (χ2v) is 6.36. The number of amides is 1. The minimum atomic E-state index is -0.656. The zero-order chi connectivity index (χ0) is 17.3. The Labute approximate surface area is 141 Å². The molecule has 0 bridgehead atoms. The van der Waals surface area contributed by atoms with Gasteiger partial charge < -0.3 is 10.2 Å². The summed E-state index contributed by atoms with van der Waals surface area (Å²) >= 11 is 0. The first kappa shape index (κ1) is 16.2. The summed E-state index contributed by atoms with van der Waals surface area (Å²) in [6.45, 7) is 1.69. The lowest BCUT2D eigenvalue weighted by Crippen LogP contribution is -2.34. The maximum atomic E-state index is 12.5. The Morgan fingerprint density at radius 1 is 1.25 bits per heavy atom. The van der Waals surface area contributed by atoms with Gasteiger partial charge >= 0.3 is 0 Å². The van der Waals surface area contributed by atoms with Crippen molar-refractivity contribution in [2.75, 3.05) is 24.3 Å². The van der Waals surface area contributed by atoms with E-state index in [2.05, 4.69) is 10.4 Å². The molecule has 1 amide bonds. The molecule has 24 heavy (non-hydrogen) atoms. The molecular formula is C18H22N4O2. The molecule has 0 radical (unpaired) electrons. The van der Waals surface area contributed by atoms with E-state index < -0.39 is 6.04 Å². The number of nitrogens with zero attached hydrogens (tertiary/aromatic N) is 3. The van der Waals surface area contributed by atoms with Crippen molar-refractivity contribution in [3.8, 4) is 0 Å². The van der Waals surface area contributed by atoms with Gasteiger partial charge in [0.25, 0.3) is 5.56 Å². The second kappa shape index (κ2) is 6.47. The van der Waals surface area contributed by atoms with Crippen molar-refractivity contribution in [1.82, 2.24) is 9.78 Å². The lowest BCUT2D eigenvalue weighted by Gasteiger charge is -2.16. The van der Waals surface area contributed by atoms with Gasteiger partial charge in [-0.25, -0.2) is 4.68 Å². The fraction of sp³-hybridized carbons (Fsp3) is 0.389. The van der Waals surface area contributed by atoms with Crippen LogP contribution in [0.4, 0.5) is 11.4 Å². The summed E-state index contributed by atoms with van der Waals surface area (Å²) in [4.78, 5) is 26.7. The molecule has 0 saturated carbocycles. The summed E-state index contributed by atoms with van der Waals surface area (Å²) in [5, 5.41) is 7.23. The maximum Gasteiger partial charge on any atom is 0.267 e. The standard InChI is InChI=1S/C18H22N4O2/c1-12(22-17(23)11-13-5-4-6-16(13)20-22)18(24)19-14-7-9-15(10-8-14)21(2)3/h7-12H,4-6H2,1-3H3,(H,19,24). The van der Waals surface area contributed by atoms with Crippen molar-refractivity contribution in [3.63, 3.8) is 0 Å². The number of hydrogen-bond acceptors (Lipinski definition) is 4. The molecule has 6 heteroatoms. The SMILES string of the molecule is CC(C(=O)Nc1ccc(N(C)C)cc1)n1nc2c(cc1=O)CCC2. The predicted molar refractivity (Wildman–Crippen MR) is 94.6 cm³/mol. The van der Waals surface area contributed by atoms with E-state index in [0.29, 0.717) is 5.69 Å². The molecule has 6 nitrogen and oxygen atoms in total. The Kier molecular flexibility index (Phi) is 4.38. The van der Waals surface area contributed by atoms with Gasteiger partial charge in [-0.15, -0.1) is 0 Å². The van der Waals surface area contributed by atoms with Crippen molar-refractivity contribution >= 4 is 17.3 Å². The van der Waals surface area contributed by atoms with Gasteiger partial charge in [-0.05, 0) is 56.0 Å². The van der Waals surface area contributed by atoms with Gasteiger partial charge in [-0.2, -0.15) is 5.10 Å². The molecule has 0 aliphatic heterocycles. The normalized spacial score (nSPS) is 14.1. The van der Waals surface area contributed by atoms with Gasteiger partial charge in [0.15, 0.2) is 0 Å². The lowest BCUT2D eigenvalue weighted by molar-refractivity contribution is -0.119. The van der Waals surface area contributed by atoms with Gasteiger partial charge in [-0.3, -0.25) is 9.59 Å². The molecule has 1 N–H and O–H groups in total. The molecule has 1 aliphatic carbocycles. The van der Waals surface area contributed by atoms with E-state index in [0.717, 1.165) is 36.2 Å². The van der Waals surface area contributed by atoms with Crippen LogP contribution in [0.25, 0.3) is 0 Å². The Balaban J connectivity index is 1.76. The number of aryl methyl sites for hydroxylation is 2. The first-order valence-electron chi connectivity index (χ1n) is 8.15. The van der Waals surface area contributed by atoms with Crippen molar-refractivity contribution in [3.05, 3.63) is 51.9 Å². The van der Waals surface area contributed by atoms with Gasteiger partial charge in [0, 0.05) is 31.5 Å². The fourth-order valence-corrected chi connectivity index (χ4v) is 2.89. The molecule has 2 aromatic rings. The highest BCUT2D eigenvalue weighted by Gasteiger charge is 2.21. The Morgan fingerprint density at radius 2 is 1.96 bits per heavy atom.